The Morgan fingerprint density at radius 1 is 0.714 bits per heavy atom. The van der Waals surface area contributed by atoms with Crippen molar-refractivity contribution in [2.24, 2.45) is 11.8 Å². The minimum Gasteiger partial charge on any atom is -0.0654 e. The van der Waals surface area contributed by atoms with Gasteiger partial charge in [0.15, 0.2) is 0 Å². The Bertz CT molecular complexity index is 120. The standard InChI is InChI=1S/C14H28/c1-3-5-6-8-14-11-9-13(7-4-2)10-12-14/h13-14H,3-12H2,1-2H3. The predicted octanol–water partition coefficient (Wildman–Crippen LogP) is 5.17. The molecule has 84 valence electrons. The molecule has 1 fully saturated rings. The first-order valence-corrected chi connectivity index (χ1v) is 6.86. The molecule has 0 unspecified atom stereocenters. The van der Waals surface area contributed by atoms with E-state index >= 15 is 0 Å². The molecule has 1 saturated carbocycles. The highest BCUT2D eigenvalue weighted by molar-refractivity contribution is 4.72. The lowest BCUT2D eigenvalue weighted by atomic mass is 9.78. The summed E-state index contributed by atoms with van der Waals surface area (Å²) in [5, 5.41) is 0. The van der Waals surface area contributed by atoms with E-state index in [1.54, 1.807) is 0 Å². The third kappa shape index (κ3) is 4.48. The fourth-order valence-electron chi connectivity index (χ4n) is 2.90. The summed E-state index contributed by atoms with van der Waals surface area (Å²) in [7, 11) is 0. The van der Waals surface area contributed by atoms with Crippen molar-refractivity contribution in [1.82, 2.24) is 0 Å². The molecule has 1 aliphatic carbocycles. The Morgan fingerprint density at radius 3 is 1.79 bits per heavy atom. The van der Waals surface area contributed by atoms with Crippen LogP contribution in [0.15, 0.2) is 0 Å². The van der Waals surface area contributed by atoms with Crippen molar-refractivity contribution >= 4 is 0 Å². The van der Waals surface area contributed by atoms with Crippen LogP contribution in [0.2, 0.25) is 0 Å². The zero-order chi connectivity index (χ0) is 10.2. The molecular formula is C14H28. The van der Waals surface area contributed by atoms with Gasteiger partial charge in [-0.15, -0.1) is 0 Å². The highest BCUT2D eigenvalue weighted by atomic mass is 14.3. The summed E-state index contributed by atoms with van der Waals surface area (Å²) >= 11 is 0. The second kappa shape index (κ2) is 7.31. The highest BCUT2D eigenvalue weighted by Gasteiger charge is 2.19. The molecule has 0 aromatic rings. The quantitative estimate of drug-likeness (QED) is 0.514. The number of hydrogen-bond acceptors (Lipinski definition) is 0. The van der Waals surface area contributed by atoms with E-state index in [1.165, 1.54) is 64.2 Å². The lowest BCUT2D eigenvalue weighted by Crippen LogP contribution is -2.14. The van der Waals surface area contributed by atoms with E-state index in [1.807, 2.05) is 0 Å². The molecule has 1 aliphatic rings. The van der Waals surface area contributed by atoms with Gasteiger partial charge in [0.25, 0.3) is 0 Å². The molecule has 0 spiro atoms. The highest BCUT2D eigenvalue weighted by Crippen LogP contribution is 2.33. The van der Waals surface area contributed by atoms with Gasteiger partial charge >= 0.3 is 0 Å². The molecule has 0 heteroatoms. The van der Waals surface area contributed by atoms with Crippen molar-refractivity contribution < 1.29 is 0 Å². The lowest BCUT2D eigenvalue weighted by molar-refractivity contribution is 0.248. The zero-order valence-electron chi connectivity index (χ0n) is 10.2. The summed E-state index contributed by atoms with van der Waals surface area (Å²) in [6, 6.07) is 0. The molecule has 0 saturated heterocycles. The van der Waals surface area contributed by atoms with Crippen molar-refractivity contribution in [1.29, 1.82) is 0 Å². The van der Waals surface area contributed by atoms with Gasteiger partial charge in [-0.3, -0.25) is 0 Å². The largest absolute Gasteiger partial charge is 0.0654 e. The van der Waals surface area contributed by atoms with Gasteiger partial charge < -0.3 is 0 Å². The Hall–Kier alpha value is 0. The molecule has 0 aromatic heterocycles. The normalized spacial score (nSPS) is 27.9. The van der Waals surface area contributed by atoms with Gasteiger partial charge in [-0.1, -0.05) is 78.1 Å². The summed E-state index contributed by atoms with van der Waals surface area (Å²) in [5.74, 6) is 2.18. The smallest absolute Gasteiger partial charge is 0.0414 e. The minimum atomic E-state index is 1.09. The SMILES string of the molecule is CCCCCC1CCC(CCC)CC1. The molecule has 0 aromatic carbocycles. The van der Waals surface area contributed by atoms with Crippen LogP contribution >= 0.6 is 0 Å². The summed E-state index contributed by atoms with van der Waals surface area (Å²) < 4.78 is 0. The van der Waals surface area contributed by atoms with E-state index in [0.717, 1.165) is 11.8 Å². The molecule has 1 rings (SSSR count). The monoisotopic (exact) mass is 196 g/mol. The van der Waals surface area contributed by atoms with E-state index in [-0.39, 0.29) is 0 Å². The topological polar surface area (TPSA) is 0 Å². The molecule has 0 heterocycles. The van der Waals surface area contributed by atoms with Gasteiger partial charge in [0, 0.05) is 0 Å². The van der Waals surface area contributed by atoms with Crippen LogP contribution in [0.3, 0.4) is 0 Å². The third-order valence-electron chi connectivity index (χ3n) is 3.88. The van der Waals surface area contributed by atoms with E-state index in [4.69, 9.17) is 0 Å². The fourth-order valence-corrected chi connectivity index (χ4v) is 2.90. The van der Waals surface area contributed by atoms with Crippen LogP contribution in [0, 0.1) is 11.8 Å². The molecule has 0 aliphatic heterocycles. The predicted molar refractivity (Wildman–Crippen MR) is 64.5 cm³/mol. The second-order valence-electron chi connectivity index (χ2n) is 5.17. The van der Waals surface area contributed by atoms with Crippen molar-refractivity contribution in [2.75, 3.05) is 0 Å². The molecule has 0 nitrogen and oxygen atoms in total. The van der Waals surface area contributed by atoms with Crippen LogP contribution in [0.25, 0.3) is 0 Å². The lowest BCUT2D eigenvalue weighted by Gasteiger charge is -2.28. The molecule has 0 bridgehead atoms. The van der Waals surface area contributed by atoms with Gasteiger partial charge in [-0.25, -0.2) is 0 Å². The van der Waals surface area contributed by atoms with E-state index in [0.29, 0.717) is 0 Å². The van der Waals surface area contributed by atoms with Gasteiger partial charge in [-0.2, -0.15) is 0 Å². The zero-order valence-corrected chi connectivity index (χ0v) is 10.2. The van der Waals surface area contributed by atoms with Crippen LogP contribution in [0.4, 0.5) is 0 Å². The van der Waals surface area contributed by atoms with Crippen LogP contribution < -0.4 is 0 Å². The number of rotatable bonds is 6. The molecule has 0 radical (unpaired) electrons. The fraction of sp³-hybridized carbons (Fsp3) is 1.00. The van der Waals surface area contributed by atoms with Crippen molar-refractivity contribution in [3.05, 3.63) is 0 Å². The van der Waals surface area contributed by atoms with Crippen molar-refractivity contribution in [3.63, 3.8) is 0 Å². The Labute approximate surface area is 90.5 Å². The maximum absolute atomic E-state index is 2.33. The van der Waals surface area contributed by atoms with Crippen LogP contribution in [0.1, 0.15) is 78.1 Å². The van der Waals surface area contributed by atoms with Gasteiger partial charge in [0.2, 0.25) is 0 Å². The van der Waals surface area contributed by atoms with Gasteiger partial charge in [0.05, 0.1) is 0 Å². The molecule has 14 heavy (non-hydrogen) atoms. The first kappa shape index (κ1) is 12.1. The summed E-state index contributed by atoms with van der Waals surface area (Å²) in [4.78, 5) is 0. The second-order valence-corrected chi connectivity index (χ2v) is 5.17. The first-order chi connectivity index (χ1) is 6.86. The Balaban J connectivity index is 2.03. The number of hydrogen-bond donors (Lipinski definition) is 0. The minimum absolute atomic E-state index is 1.09. The van der Waals surface area contributed by atoms with Crippen LogP contribution in [0.5, 0.6) is 0 Å². The van der Waals surface area contributed by atoms with E-state index < -0.39 is 0 Å². The average Bonchev–Trinajstić information content (AvgIpc) is 2.21. The first-order valence-electron chi connectivity index (χ1n) is 6.86. The number of unbranched alkanes of at least 4 members (excludes halogenated alkanes) is 2. The maximum Gasteiger partial charge on any atom is -0.0414 e. The summed E-state index contributed by atoms with van der Waals surface area (Å²) in [6.07, 6.45) is 14.9. The van der Waals surface area contributed by atoms with Gasteiger partial charge in [0.1, 0.15) is 0 Å². The Morgan fingerprint density at radius 2 is 1.29 bits per heavy atom. The summed E-state index contributed by atoms with van der Waals surface area (Å²) in [5.41, 5.74) is 0. The van der Waals surface area contributed by atoms with Crippen LogP contribution in [-0.2, 0) is 0 Å². The van der Waals surface area contributed by atoms with Crippen molar-refractivity contribution in [3.8, 4) is 0 Å². The van der Waals surface area contributed by atoms with E-state index in [9.17, 15) is 0 Å². The maximum atomic E-state index is 2.33. The van der Waals surface area contributed by atoms with Crippen molar-refractivity contribution in [2.45, 2.75) is 78.1 Å². The molecule has 0 amide bonds. The van der Waals surface area contributed by atoms with Crippen LogP contribution in [-0.4, -0.2) is 0 Å². The molecule has 0 atom stereocenters. The summed E-state index contributed by atoms with van der Waals surface area (Å²) in [6.45, 7) is 4.63. The third-order valence-corrected chi connectivity index (χ3v) is 3.88. The average molecular weight is 196 g/mol. The van der Waals surface area contributed by atoms with E-state index in [2.05, 4.69) is 13.8 Å². The molecule has 0 N–H and O–H groups in total. The van der Waals surface area contributed by atoms with Gasteiger partial charge in [-0.05, 0) is 11.8 Å². The Kier molecular flexibility index (Phi) is 6.31. The molecular weight excluding hydrogens is 168 g/mol.